The zero-order valence-electron chi connectivity index (χ0n) is 10.3. The third kappa shape index (κ3) is 2.74. The molecule has 2 atom stereocenters. The van der Waals surface area contributed by atoms with E-state index in [1.165, 1.54) is 6.07 Å². The molecule has 0 saturated carbocycles. The molecule has 3 heteroatoms. The van der Waals surface area contributed by atoms with E-state index < -0.39 is 0 Å². The zero-order chi connectivity index (χ0) is 12.3. The molecule has 16 heavy (non-hydrogen) atoms. The van der Waals surface area contributed by atoms with Crippen LogP contribution in [0.2, 0.25) is 5.02 Å². The summed E-state index contributed by atoms with van der Waals surface area (Å²) in [7, 11) is 1.91. The lowest BCUT2D eigenvalue weighted by molar-refractivity contribution is 0.400. The number of halogens is 2. The highest BCUT2D eigenvalue weighted by Crippen LogP contribution is 2.31. The quantitative estimate of drug-likeness (QED) is 0.840. The van der Waals surface area contributed by atoms with Crippen LogP contribution in [0.4, 0.5) is 4.39 Å². The van der Waals surface area contributed by atoms with Crippen molar-refractivity contribution in [1.29, 1.82) is 0 Å². The molecule has 0 aromatic heterocycles. The first kappa shape index (κ1) is 13.5. The second kappa shape index (κ2) is 5.65. The molecule has 0 amide bonds. The summed E-state index contributed by atoms with van der Waals surface area (Å²) in [5, 5.41) is 3.75. The second-order valence-electron chi connectivity index (χ2n) is 4.27. The van der Waals surface area contributed by atoms with Crippen LogP contribution < -0.4 is 5.32 Å². The number of nitrogens with one attached hydrogen (secondary N) is 1. The monoisotopic (exact) mass is 243 g/mol. The van der Waals surface area contributed by atoms with Crippen LogP contribution in [0.25, 0.3) is 0 Å². The fraction of sp³-hybridized carbons (Fsp3) is 0.538. The van der Waals surface area contributed by atoms with Crippen LogP contribution in [0, 0.1) is 18.7 Å². The second-order valence-corrected chi connectivity index (χ2v) is 4.68. The molecule has 2 unspecified atom stereocenters. The molecule has 0 aliphatic carbocycles. The van der Waals surface area contributed by atoms with Gasteiger partial charge in [-0.25, -0.2) is 4.39 Å². The minimum absolute atomic E-state index is 0.178. The van der Waals surface area contributed by atoms with Gasteiger partial charge >= 0.3 is 0 Å². The molecule has 0 saturated heterocycles. The first-order valence-corrected chi connectivity index (χ1v) is 6.01. The van der Waals surface area contributed by atoms with Crippen molar-refractivity contribution in [2.45, 2.75) is 33.2 Å². The maximum Gasteiger partial charge on any atom is 0.127 e. The zero-order valence-corrected chi connectivity index (χ0v) is 11.0. The Morgan fingerprint density at radius 2 is 2.06 bits per heavy atom. The molecule has 0 fully saturated rings. The van der Waals surface area contributed by atoms with Gasteiger partial charge in [0, 0.05) is 11.1 Å². The fourth-order valence-corrected chi connectivity index (χ4v) is 2.17. The fourth-order valence-electron chi connectivity index (χ4n) is 1.90. The van der Waals surface area contributed by atoms with E-state index >= 15 is 0 Å². The van der Waals surface area contributed by atoms with E-state index in [2.05, 4.69) is 19.2 Å². The predicted octanol–water partition coefficient (Wildman–Crippen LogP) is 4.09. The van der Waals surface area contributed by atoms with Gasteiger partial charge < -0.3 is 5.32 Å². The van der Waals surface area contributed by atoms with Crippen LogP contribution in [0.1, 0.15) is 37.4 Å². The Morgan fingerprint density at radius 3 is 2.56 bits per heavy atom. The third-order valence-corrected chi connectivity index (χ3v) is 3.46. The molecule has 0 aliphatic rings. The lowest BCUT2D eigenvalue weighted by atomic mass is 9.91. The smallest absolute Gasteiger partial charge is 0.127 e. The Labute approximate surface area is 102 Å². The van der Waals surface area contributed by atoms with Crippen LogP contribution in [0.15, 0.2) is 12.1 Å². The van der Waals surface area contributed by atoms with Crippen LogP contribution >= 0.6 is 11.6 Å². The van der Waals surface area contributed by atoms with Crippen molar-refractivity contribution in [2.24, 2.45) is 5.92 Å². The summed E-state index contributed by atoms with van der Waals surface area (Å²) in [5.74, 6) is 0.222. The van der Waals surface area contributed by atoms with Crippen LogP contribution in [-0.2, 0) is 0 Å². The molecule has 0 bridgehead atoms. The molecule has 1 aromatic rings. The molecule has 0 spiro atoms. The van der Waals surface area contributed by atoms with Crippen molar-refractivity contribution in [3.05, 3.63) is 34.1 Å². The summed E-state index contributed by atoms with van der Waals surface area (Å²) >= 11 is 6.10. The highest BCUT2D eigenvalue weighted by atomic mass is 35.5. The molecule has 1 aromatic carbocycles. The van der Waals surface area contributed by atoms with Crippen molar-refractivity contribution >= 4 is 11.6 Å². The number of benzene rings is 1. The van der Waals surface area contributed by atoms with Gasteiger partial charge in [-0.2, -0.15) is 0 Å². The molecule has 0 radical (unpaired) electrons. The third-order valence-electron chi connectivity index (χ3n) is 3.14. The van der Waals surface area contributed by atoms with Gasteiger partial charge in [0.15, 0.2) is 0 Å². The van der Waals surface area contributed by atoms with Crippen LogP contribution in [-0.4, -0.2) is 7.05 Å². The maximum absolute atomic E-state index is 13.3. The average Bonchev–Trinajstić information content (AvgIpc) is 2.26. The van der Waals surface area contributed by atoms with E-state index in [9.17, 15) is 4.39 Å². The Morgan fingerprint density at radius 1 is 1.44 bits per heavy atom. The number of rotatable bonds is 4. The Balaban J connectivity index is 3.15. The molecule has 1 N–H and O–H groups in total. The van der Waals surface area contributed by atoms with Crippen molar-refractivity contribution < 1.29 is 4.39 Å². The standard InChI is InChI=1S/C13H19ClFN/c1-5-8(2)13(16-4)10-6-9(3)12(15)7-11(10)14/h6-8,13,16H,5H2,1-4H3. The van der Waals surface area contributed by atoms with Gasteiger partial charge in [0.05, 0.1) is 0 Å². The molecular weight excluding hydrogens is 225 g/mol. The van der Waals surface area contributed by atoms with E-state index in [1.54, 1.807) is 6.92 Å². The molecule has 0 aliphatic heterocycles. The van der Waals surface area contributed by atoms with Gasteiger partial charge in [0.25, 0.3) is 0 Å². The van der Waals surface area contributed by atoms with E-state index in [1.807, 2.05) is 13.1 Å². The minimum Gasteiger partial charge on any atom is -0.313 e. The summed E-state index contributed by atoms with van der Waals surface area (Å²) in [4.78, 5) is 0. The SMILES string of the molecule is CCC(C)C(NC)c1cc(C)c(F)cc1Cl. The topological polar surface area (TPSA) is 12.0 Å². The largest absolute Gasteiger partial charge is 0.313 e. The molecular formula is C13H19ClFN. The Bertz CT molecular complexity index is 365. The Hall–Kier alpha value is -0.600. The number of aryl methyl sites for hydroxylation is 1. The number of hydrogen-bond donors (Lipinski definition) is 1. The first-order chi connectivity index (χ1) is 7.51. The van der Waals surface area contributed by atoms with Crippen molar-refractivity contribution in [3.8, 4) is 0 Å². The summed E-state index contributed by atoms with van der Waals surface area (Å²) in [5.41, 5.74) is 1.63. The van der Waals surface area contributed by atoms with Crippen LogP contribution in [0.3, 0.4) is 0 Å². The van der Waals surface area contributed by atoms with Crippen molar-refractivity contribution in [1.82, 2.24) is 5.32 Å². The number of hydrogen-bond acceptors (Lipinski definition) is 1. The van der Waals surface area contributed by atoms with Gasteiger partial charge in [0.2, 0.25) is 0 Å². The normalized spacial score (nSPS) is 14.9. The van der Waals surface area contributed by atoms with Crippen molar-refractivity contribution in [2.75, 3.05) is 7.05 Å². The lowest BCUT2D eigenvalue weighted by Gasteiger charge is -2.24. The summed E-state index contributed by atoms with van der Waals surface area (Å²) < 4.78 is 13.3. The highest BCUT2D eigenvalue weighted by Gasteiger charge is 2.19. The van der Waals surface area contributed by atoms with E-state index in [0.29, 0.717) is 16.5 Å². The average molecular weight is 244 g/mol. The van der Waals surface area contributed by atoms with Gasteiger partial charge in [-0.1, -0.05) is 37.9 Å². The van der Waals surface area contributed by atoms with Crippen LogP contribution in [0.5, 0.6) is 0 Å². The first-order valence-electron chi connectivity index (χ1n) is 5.64. The molecule has 0 heterocycles. The highest BCUT2D eigenvalue weighted by molar-refractivity contribution is 6.31. The van der Waals surface area contributed by atoms with Gasteiger partial charge in [0.1, 0.15) is 5.82 Å². The minimum atomic E-state index is -0.243. The van der Waals surface area contributed by atoms with Gasteiger partial charge in [-0.05, 0) is 37.1 Å². The van der Waals surface area contributed by atoms with Gasteiger partial charge in [-0.3, -0.25) is 0 Å². The lowest BCUT2D eigenvalue weighted by Crippen LogP contribution is -2.23. The van der Waals surface area contributed by atoms with Crippen molar-refractivity contribution in [3.63, 3.8) is 0 Å². The summed E-state index contributed by atoms with van der Waals surface area (Å²) in [6.07, 6.45) is 1.05. The summed E-state index contributed by atoms with van der Waals surface area (Å²) in [6, 6.07) is 3.42. The summed E-state index contributed by atoms with van der Waals surface area (Å²) in [6.45, 7) is 6.06. The molecule has 1 nitrogen and oxygen atoms in total. The van der Waals surface area contributed by atoms with E-state index in [4.69, 9.17) is 11.6 Å². The van der Waals surface area contributed by atoms with E-state index in [0.717, 1.165) is 12.0 Å². The molecule has 1 rings (SSSR count). The molecule has 90 valence electrons. The maximum atomic E-state index is 13.3. The predicted molar refractivity (Wildman–Crippen MR) is 67.4 cm³/mol. The van der Waals surface area contributed by atoms with Gasteiger partial charge in [-0.15, -0.1) is 0 Å². The Kier molecular flexibility index (Phi) is 4.75. The van der Waals surface area contributed by atoms with E-state index in [-0.39, 0.29) is 11.9 Å².